The zero-order valence-electron chi connectivity index (χ0n) is 18.9. The zero-order valence-corrected chi connectivity index (χ0v) is 19.7. The predicted octanol–water partition coefficient (Wildman–Crippen LogP) is 2.64. The lowest BCUT2D eigenvalue weighted by molar-refractivity contribution is 0.261. The van der Waals surface area contributed by atoms with Gasteiger partial charge < -0.3 is 30.4 Å². The smallest absolute Gasteiger partial charge is 0.170 e. The number of nitrogens with zero attached hydrogens (tertiary/aromatic N) is 5. The van der Waals surface area contributed by atoms with Gasteiger partial charge in [0.25, 0.3) is 0 Å². The van der Waals surface area contributed by atoms with Gasteiger partial charge in [-0.25, -0.2) is 4.98 Å². The molecule has 1 fully saturated rings. The molecule has 2 aliphatic rings. The molecule has 5 rings (SSSR count). The van der Waals surface area contributed by atoms with Gasteiger partial charge in [0.2, 0.25) is 0 Å². The molecule has 3 aromatic heterocycles. The average Bonchev–Trinajstić information content (AvgIpc) is 3.38. The second-order valence-electron chi connectivity index (χ2n) is 8.65. The van der Waals surface area contributed by atoms with Crippen LogP contribution in [0.4, 0.5) is 11.4 Å². The molecule has 0 amide bonds. The maximum Gasteiger partial charge on any atom is 0.170 e. The number of rotatable bonds is 4. The van der Waals surface area contributed by atoms with E-state index in [4.69, 9.17) is 22.9 Å². The number of hydrogen-bond donors (Lipinski definition) is 3. The van der Waals surface area contributed by atoms with E-state index >= 15 is 0 Å². The van der Waals surface area contributed by atoms with Gasteiger partial charge in [0.1, 0.15) is 5.82 Å². The molecular weight excluding hydrogens is 432 g/mol. The number of aromatic nitrogens is 4. The molecule has 33 heavy (non-hydrogen) atoms. The lowest BCUT2D eigenvalue weighted by Gasteiger charge is -2.30. The molecule has 4 N–H and O–H groups in total. The molecule has 0 spiro atoms. The van der Waals surface area contributed by atoms with Crippen LogP contribution in [0.3, 0.4) is 0 Å². The highest BCUT2D eigenvalue weighted by molar-refractivity contribution is 7.80. The van der Waals surface area contributed by atoms with Crippen LogP contribution in [-0.4, -0.2) is 55.3 Å². The summed E-state index contributed by atoms with van der Waals surface area (Å²) in [4.78, 5) is 11.3. The fourth-order valence-corrected chi connectivity index (χ4v) is 5.03. The fourth-order valence-electron chi connectivity index (χ4n) is 4.81. The summed E-state index contributed by atoms with van der Waals surface area (Å²) in [6.07, 6.45) is 12.7. The van der Waals surface area contributed by atoms with Crippen molar-refractivity contribution in [3.8, 4) is 0 Å². The molecule has 172 valence electrons. The van der Waals surface area contributed by atoms with Gasteiger partial charge in [-0.1, -0.05) is 5.57 Å². The largest absolute Gasteiger partial charge is 0.397 e. The zero-order chi connectivity index (χ0) is 22.8. The van der Waals surface area contributed by atoms with Gasteiger partial charge in [0.15, 0.2) is 5.11 Å². The summed E-state index contributed by atoms with van der Waals surface area (Å²) in [7, 11) is 2.15. The summed E-state index contributed by atoms with van der Waals surface area (Å²) >= 11 is 5.40. The first kappa shape index (κ1) is 21.7. The van der Waals surface area contributed by atoms with E-state index in [0.29, 0.717) is 10.8 Å². The Morgan fingerprint density at radius 2 is 1.97 bits per heavy atom. The van der Waals surface area contributed by atoms with Crippen molar-refractivity contribution in [1.82, 2.24) is 29.3 Å². The highest BCUT2D eigenvalue weighted by Gasteiger charge is 2.26. The summed E-state index contributed by atoms with van der Waals surface area (Å²) in [5.41, 5.74) is 12.9. The molecule has 5 heterocycles. The molecule has 0 unspecified atom stereocenters. The van der Waals surface area contributed by atoms with Crippen molar-refractivity contribution in [2.24, 2.45) is 7.05 Å². The average molecular weight is 463 g/mol. The van der Waals surface area contributed by atoms with Crippen molar-refractivity contribution in [3.05, 3.63) is 65.8 Å². The number of imidazole rings is 1. The molecule has 1 saturated heterocycles. The van der Waals surface area contributed by atoms with Gasteiger partial charge in [0, 0.05) is 87.8 Å². The van der Waals surface area contributed by atoms with Gasteiger partial charge in [-0.3, -0.25) is 4.98 Å². The second kappa shape index (κ2) is 9.36. The lowest BCUT2D eigenvalue weighted by Crippen LogP contribution is -2.39. The molecule has 3 aromatic rings. The van der Waals surface area contributed by atoms with Crippen LogP contribution in [-0.2, 0) is 20.0 Å². The van der Waals surface area contributed by atoms with E-state index in [-0.39, 0.29) is 0 Å². The van der Waals surface area contributed by atoms with E-state index in [2.05, 4.69) is 55.2 Å². The van der Waals surface area contributed by atoms with E-state index in [0.717, 1.165) is 63.5 Å². The topological polar surface area (TPSA) is 89.0 Å². The number of piperidine rings is 1. The first-order valence-electron chi connectivity index (χ1n) is 11.4. The second-order valence-corrected chi connectivity index (χ2v) is 9.05. The van der Waals surface area contributed by atoms with Gasteiger partial charge in [-0.2, -0.15) is 0 Å². The quantitative estimate of drug-likeness (QED) is 0.514. The SMILES string of the molecule is Cn1ccc2c1CCn1ccnc1C2=C1CCN(CCNC(=S)Nc2cnccc2N)CC1. The molecule has 0 radical (unpaired) electrons. The summed E-state index contributed by atoms with van der Waals surface area (Å²) in [6, 6.07) is 4.02. The number of nitrogens with one attached hydrogen (secondary N) is 2. The van der Waals surface area contributed by atoms with Crippen LogP contribution in [0.1, 0.15) is 29.9 Å². The van der Waals surface area contributed by atoms with E-state index < -0.39 is 0 Å². The molecule has 0 bridgehead atoms. The standard InChI is InChI=1S/C24H30N8S/c1-30-10-5-18-21(30)6-13-32-15-9-27-23(32)22(18)17-3-11-31(12-4-17)14-8-28-24(33)29-20-16-26-7-2-19(20)25/h2,5,7,9-10,15-16H,3-4,6,8,11-14H2,1H3,(H2,25,26)(H2,28,29,33). The number of fused-ring (bicyclic) bond motifs is 2. The number of likely N-dealkylation sites (tertiary alicyclic amines) is 1. The Morgan fingerprint density at radius 1 is 1.12 bits per heavy atom. The van der Waals surface area contributed by atoms with Gasteiger partial charge in [0.05, 0.1) is 17.6 Å². The minimum Gasteiger partial charge on any atom is -0.397 e. The maximum absolute atomic E-state index is 5.94. The van der Waals surface area contributed by atoms with Crippen molar-refractivity contribution in [3.63, 3.8) is 0 Å². The number of nitrogens with two attached hydrogens (primary N) is 1. The number of aryl methyl sites for hydroxylation is 2. The molecular formula is C24H30N8S. The van der Waals surface area contributed by atoms with Crippen LogP contribution >= 0.6 is 12.2 Å². The summed E-state index contributed by atoms with van der Waals surface area (Å²) in [5.74, 6) is 1.12. The van der Waals surface area contributed by atoms with E-state index in [1.165, 1.54) is 22.4 Å². The third kappa shape index (κ3) is 4.51. The number of anilines is 2. The van der Waals surface area contributed by atoms with Crippen LogP contribution in [0, 0.1) is 0 Å². The van der Waals surface area contributed by atoms with E-state index in [1.54, 1.807) is 18.5 Å². The molecule has 0 saturated carbocycles. The van der Waals surface area contributed by atoms with Crippen LogP contribution < -0.4 is 16.4 Å². The van der Waals surface area contributed by atoms with Gasteiger partial charge in [-0.05, 0) is 37.2 Å². The number of pyridine rings is 1. The number of thiocarbonyl (C=S) groups is 1. The highest BCUT2D eigenvalue weighted by atomic mass is 32.1. The summed E-state index contributed by atoms with van der Waals surface area (Å²) in [6.45, 7) is 4.79. The third-order valence-electron chi connectivity index (χ3n) is 6.63. The van der Waals surface area contributed by atoms with Crippen molar-refractivity contribution in [1.29, 1.82) is 0 Å². The maximum atomic E-state index is 5.94. The highest BCUT2D eigenvalue weighted by Crippen LogP contribution is 2.36. The monoisotopic (exact) mass is 462 g/mol. The van der Waals surface area contributed by atoms with Crippen LogP contribution in [0.2, 0.25) is 0 Å². The van der Waals surface area contributed by atoms with Crippen molar-refractivity contribution in [2.75, 3.05) is 37.2 Å². The third-order valence-corrected chi connectivity index (χ3v) is 6.88. The normalized spacial score (nSPS) is 16.2. The van der Waals surface area contributed by atoms with Crippen molar-refractivity contribution in [2.45, 2.75) is 25.8 Å². The lowest BCUT2D eigenvalue weighted by atomic mass is 9.92. The van der Waals surface area contributed by atoms with Gasteiger partial charge in [-0.15, -0.1) is 0 Å². The van der Waals surface area contributed by atoms with Crippen molar-refractivity contribution < 1.29 is 0 Å². The molecule has 2 aliphatic heterocycles. The van der Waals surface area contributed by atoms with Crippen LogP contribution in [0.15, 0.2) is 48.7 Å². The summed E-state index contributed by atoms with van der Waals surface area (Å²) in [5, 5.41) is 6.96. The molecule has 9 heteroatoms. The molecule has 8 nitrogen and oxygen atoms in total. The van der Waals surface area contributed by atoms with E-state index in [1.807, 2.05) is 6.20 Å². The van der Waals surface area contributed by atoms with Crippen LogP contribution in [0.25, 0.3) is 5.57 Å². The number of nitrogen functional groups attached to an aromatic ring is 1. The first-order chi connectivity index (χ1) is 16.1. The van der Waals surface area contributed by atoms with Gasteiger partial charge >= 0.3 is 0 Å². The molecule has 0 aromatic carbocycles. The van der Waals surface area contributed by atoms with E-state index in [9.17, 15) is 0 Å². The predicted molar refractivity (Wildman–Crippen MR) is 136 cm³/mol. The Hall–Kier alpha value is -3.17. The Bertz CT molecular complexity index is 1180. The first-order valence-corrected chi connectivity index (χ1v) is 11.9. The minimum atomic E-state index is 0.566. The molecule has 0 aliphatic carbocycles. The Kier molecular flexibility index (Phi) is 6.15. The Morgan fingerprint density at radius 3 is 2.79 bits per heavy atom. The Balaban J connectivity index is 1.20. The van der Waals surface area contributed by atoms with Crippen molar-refractivity contribution >= 4 is 34.3 Å². The summed E-state index contributed by atoms with van der Waals surface area (Å²) < 4.78 is 4.57. The minimum absolute atomic E-state index is 0.566. The molecule has 0 atom stereocenters. The number of hydrogen-bond acceptors (Lipinski definition) is 5. The Labute approximate surface area is 199 Å². The van der Waals surface area contributed by atoms with Crippen LogP contribution in [0.5, 0.6) is 0 Å². The fraction of sp³-hybridized carbons (Fsp3) is 0.375.